The first kappa shape index (κ1) is 6.34. The van der Waals surface area contributed by atoms with E-state index in [1.807, 2.05) is 0 Å². The van der Waals surface area contributed by atoms with Gasteiger partial charge in [-0.2, -0.15) is 0 Å². The van der Waals surface area contributed by atoms with Crippen LogP contribution in [0.15, 0.2) is 4.99 Å². The Bertz CT molecular complexity index is 66.5. The molecule has 0 aliphatic rings. The third kappa shape index (κ3) is 5.34. The molecule has 0 aliphatic heterocycles. The number of unbranched alkanes of at least 4 members (excludes halogenated alkanes) is 1. The molecule has 0 aromatic rings. The van der Waals surface area contributed by atoms with E-state index in [9.17, 15) is 0 Å². The molecular formula is C5H10N2. The fourth-order valence-corrected chi connectivity index (χ4v) is 0.256. The Morgan fingerprint density at radius 1 is 1.71 bits per heavy atom. The molecule has 2 heteroatoms. The van der Waals surface area contributed by atoms with Gasteiger partial charge in [-0.05, 0) is 6.42 Å². The molecule has 40 valence electrons. The first-order valence-corrected chi connectivity index (χ1v) is 2.42. The number of nitrogens with zero attached hydrogens (tertiary/aromatic N) is 1. The van der Waals surface area contributed by atoms with E-state index in [-0.39, 0.29) is 0 Å². The Morgan fingerprint density at radius 3 is 2.86 bits per heavy atom. The van der Waals surface area contributed by atoms with Gasteiger partial charge in [-0.15, -0.1) is 0 Å². The van der Waals surface area contributed by atoms with Crippen molar-refractivity contribution in [3.05, 3.63) is 0 Å². The average molecular weight is 98.1 g/mol. The van der Waals surface area contributed by atoms with Crippen molar-refractivity contribution in [1.29, 1.82) is 5.41 Å². The van der Waals surface area contributed by atoms with Crippen molar-refractivity contribution in [2.45, 2.75) is 19.8 Å². The maximum absolute atomic E-state index is 6.46. The maximum Gasteiger partial charge on any atom is 0.106 e. The van der Waals surface area contributed by atoms with Gasteiger partial charge in [0.2, 0.25) is 0 Å². The predicted molar refractivity (Wildman–Crippen MR) is 32.2 cm³/mol. The van der Waals surface area contributed by atoms with E-state index in [2.05, 4.69) is 11.9 Å². The van der Waals surface area contributed by atoms with Gasteiger partial charge < -0.3 is 0 Å². The van der Waals surface area contributed by atoms with Gasteiger partial charge in [0, 0.05) is 6.21 Å². The highest BCUT2D eigenvalue weighted by molar-refractivity contribution is 5.70. The monoisotopic (exact) mass is 98.1 g/mol. The lowest BCUT2D eigenvalue weighted by Gasteiger charge is -1.76. The van der Waals surface area contributed by atoms with E-state index in [0.29, 0.717) is 0 Å². The summed E-state index contributed by atoms with van der Waals surface area (Å²) < 4.78 is 0. The summed E-state index contributed by atoms with van der Waals surface area (Å²) in [5.74, 6) is 0. The Balaban J connectivity index is 2.92. The average Bonchev–Trinajstić information content (AvgIpc) is 1.69. The van der Waals surface area contributed by atoms with E-state index in [0.717, 1.165) is 19.2 Å². The number of nitrogens with one attached hydrogen (secondary N) is 1. The molecule has 0 fully saturated rings. The zero-order valence-corrected chi connectivity index (χ0v) is 4.52. The quantitative estimate of drug-likeness (QED) is 0.410. The highest BCUT2D eigenvalue weighted by Crippen LogP contribution is 1.77. The van der Waals surface area contributed by atoms with Crippen molar-refractivity contribution < 1.29 is 0 Å². The number of aliphatic imine (C=N–C) groups is 1. The van der Waals surface area contributed by atoms with E-state index < -0.39 is 0 Å². The molecule has 0 aliphatic carbocycles. The molecule has 0 aromatic carbocycles. The highest BCUT2D eigenvalue weighted by Gasteiger charge is 1.67. The van der Waals surface area contributed by atoms with Gasteiger partial charge >= 0.3 is 0 Å². The van der Waals surface area contributed by atoms with Crippen LogP contribution in [-0.4, -0.2) is 12.6 Å². The summed E-state index contributed by atoms with van der Waals surface area (Å²) in [7, 11) is 0. The minimum Gasteiger partial charge on any atom is -0.290 e. The Morgan fingerprint density at radius 2 is 2.43 bits per heavy atom. The molecule has 0 amide bonds. The molecule has 0 atom stereocenters. The molecule has 1 N–H and O–H groups in total. The predicted octanol–water partition coefficient (Wildman–Crippen LogP) is 1.46. The van der Waals surface area contributed by atoms with Crippen molar-refractivity contribution in [2.24, 2.45) is 4.99 Å². The van der Waals surface area contributed by atoms with Gasteiger partial charge in [0.05, 0.1) is 0 Å². The van der Waals surface area contributed by atoms with Crippen molar-refractivity contribution in [2.75, 3.05) is 0 Å². The van der Waals surface area contributed by atoms with Crippen LogP contribution in [0.3, 0.4) is 0 Å². The topological polar surface area (TPSA) is 36.2 Å². The van der Waals surface area contributed by atoms with Crippen LogP contribution in [0, 0.1) is 5.41 Å². The summed E-state index contributed by atoms with van der Waals surface area (Å²) in [4.78, 5) is 3.58. The van der Waals surface area contributed by atoms with Crippen molar-refractivity contribution in [1.82, 2.24) is 0 Å². The van der Waals surface area contributed by atoms with Crippen LogP contribution in [0.5, 0.6) is 0 Å². The fraction of sp³-hybridized carbons (Fsp3) is 0.600. The highest BCUT2D eigenvalue weighted by atomic mass is 14.7. The van der Waals surface area contributed by atoms with Gasteiger partial charge in [0.1, 0.15) is 6.34 Å². The molecule has 0 saturated carbocycles. The Hall–Kier alpha value is -0.660. The smallest absolute Gasteiger partial charge is 0.106 e. The molecule has 0 saturated heterocycles. The van der Waals surface area contributed by atoms with Crippen LogP contribution in [0.25, 0.3) is 0 Å². The minimum absolute atomic E-state index is 0.982. The summed E-state index contributed by atoms with van der Waals surface area (Å²) in [6, 6.07) is 0. The Labute approximate surface area is 43.8 Å². The van der Waals surface area contributed by atoms with Gasteiger partial charge in [-0.25, -0.2) is 4.99 Å². The summed E-state index contributed by atoms with van der Waals surface area (Å²) in [6.45, 7) is 2.08. The van der Waals surface area contributed by atoms with Gasteiger partial charge in [-0.1, -0.05) is 13.3 Å². The molecule has 0 heterocycles. The summed E-state index contributed by atoms with van der Waals surface area (Å²) in [6.07, 6.45) is 4.88. The lowest BCUT2D eigenvalue weighted by molar-refractivity contribution is 1.01. The zero-order chi connectivity index (χ0) is 5.54. The third-order valence-corrected chi connectivity index (χ3v) is 0.598. The van der Waals surface area contributed by atoms with E-state index in [1.54, 1.807) is 6.21 Å². The minimum atomic E-state index is 0.982. The van der Waals surface area contributed by atoms with Crippen LogP contribution in [0.1, 0.15) is 19.8 Å². The molecule has 7 heavy (non-hydrogen) atoms. The lowest BCUT2D eigenvalue weighted by Crippen LogP contribution is -1.70. The fourth-order valence-electron chi connectivity index (χ4n) is 0.256. The first-order chi connectivity index (χ1) is 3.41. The van der Waals surface area contributed by atoms with Crippen molar-refractivity contribution in [3.63, 3.8) is 0 Å². The summed E-state index contributed by atoms with van der Waals surface area (Å²) in [5, 5.41) is 6.46. The van der Waals surface area contributed by atoms with Crippen molar-refractivity contribution >= 4 is 12.6 Å². The molecule has 0 unspecified atom stereocenters. The van der Waals surface area contributed by atoms with Crippen LogP contribution < -0.4 is 0 Å². The van der Waals surface area contributed by atoms with E-state index in [1.165, 1.54) is 0 Å². The molecule has 0 bridgehead atoms. The van der Waals surface area contributed by atoms with E-state index in [4.69, 9.17) is 5.41 Å². The maximum atomic E-state index is 6.46. The van der Waals surface area contributed by atoms with E-state index >= 15 is 0 Å². The zero-order valence-electron chi connectivity index (χ0n) is 4.52. The normalized spacial score (nSPS) is 9.86. The molecular weight excluding hydrogens is 88.1 g/mol. The summed E-state index contributed by atoms with van der Waals surface area (Å²) >= 11 is 0. The van der Waals surface area contributed by atoms with Crippen LogP contribution in [0.4, 0.5) is 0 Å². The molecule has 0 spiro atoms. The third-order valence-electron chi connectivity index (χ3n) is 0.598. The van der Waals surface area contributed by atoms with Crippen LogP contribution in [0.2, 0.25) is 0 Å². The number of hydrogen-bond donors (Lipinski definition) is 1. The standard InChI is InChI=1S/C5H10N2/c1-2-3-4-7-5-6/h4-6H,2-3H2,1H3/b6-5?,7-4-. The molecule has 0 rings (SSSR count). The second-order valence-corrected chi connectivity index (χ2v) is 1.25. The second-order valence-electron chi connectivity index (χ2n) is 1.25. The summed E-state index contributed by atoms with van der Waals surface area (Å²) in [5.41, 5.74) is 0. The van der Waals surface area contributed by atoms with Crippen LogP contribution >= 0.6 is 0 Å². The second kappa shape index (κ2) is 5.34. The Kier molecular flexibility index (Phi) is 4.84. The molecule has 2 nitrogen and oxygen atoms in total. The van der Waals surface area contributed by atoms with Crippen molar-refractivity contribution in [3.8, 4) is 0 Å². The molecule has 0 radical (unpaired) electrons. The largest absolute Gasteiger partial charge is 0.290 e. The van der Waals surface area contributed by atoms with Crippen LogP contribution in [-0.2, 0) is 0 Å². The van der Waals surface area contributed by atoms with Gasteiger partial charge in [0.25, 0.3) is 0 Å². The lowest BCUT2D eigenvalue weighted by atomic mass is 10.4. The van der Waals surface area contributed by atoms with Gasteiger partial charge in [-0.3, -0.25) is 5.41 Å². The van der Waals surface area contributed by atoms with Gasteiger partial charge in [0.15, 0.2) is 0 Å². The number of hydrogen-bond acceptors (Lipinski definition) is 1. The number of rotatable bonds is 3. The molecule has 0 aromatic heterocycles. The first-order valence-electron chi connectivity index (χ1n) is 2.42. The SMILES string of the molecule is CCC/C=N\C=N.